The molecule has 176 valence electrons. The predicted octanol–water partition coefficient (Wildman–Crippen LogP) is 5.02. The Hall–Kier alpha value is -2.64. The summed E-state index contributed by atoms with van der Waals surface area (Å²) in [6, 6.07) is 16.1. The Morgan fingerprint density at radius 1 is 1.09 bits per heavy atom. The predicted molar refractivity (Wildman–Crippen MR) is 127 cm³/mol. The SMILES string of the molecule is CN(C)CCCN1N=C2C(=Cc3cccc(C(F)(F)F)c3)CN(C)CC2C1c1ccccc1. The molecule has 2 aromatic rings. The van der Waals surface area contributed by atoms with Crippen LogP contribution in [0.4, 0.5) is 13.2 Å². The summed E-state index contributed by atoms with van der Waals surface area (Å²) < 4.78 is 39.7. The molecule has 7 heteroatoms. The third-order valence-corrected chi connectivity index (χ3v) is 6.26. The minimum absolute atomic E-state index is 0.121. The Labute approximate surface area is 194 Å². The highest BCUT2D eigenvalue weighted by molar-refractivity contribution is 6.07. The van der Waals surface area contributed by atoms with Crippen molar-refractivity contribution in [1.82, 2.24) is 14.8 Å². The van der Waals surface area contributed by atoms with Crippen LogP contribution in [0.3, 0.4) is 0 Å². The normalized spacial score (nSPS) is 22.7. The molecule has 0 radical (unpaired) electrons. The molecule has 1 fully saturated rings. The van der Waals surface area contributed by atoms with E-state index in [0.29, 0.717) is 12.1 Å². The van der Waals surface area contributed by atoms with Crippen molar-refractivity contribution >= 4 is 11.8 Å². The van der Waals surface area contributed by atoms with Crippen LogP contribution in [0.1, 0.15) is 29.2 Å². The van der Waals surface area contributed by atoms with Crippen LogP contribution in [0.25, 0.3) is 6.08 Å². The van der Waals surface area contributed by atoms with E-state index in [1.165, 1.54) is 17.7 Å². The zero-order valence-electron chi connectivity index (χ0n) is 19.4. The monoisotopic (exact) mass is 456 g/mol. The molecule has 0 aromatic heterocycles. The zero-order valence-corrected chi connectivity index (χ0v) is 19.4. The summed E-state index contributed by atoms with van der Waals surface area (Å²) in [5, 5.41) is 7.25. The van der Waals surface area contributed by atoms with Gasteiger partial charge in [-0.3, -0.25) is 5.01 Å². The van der Waals surface area contributed by atoms with Gasteiger partial charge in [-0.05, 0) is 69.0 Å². The molecule has 4 rings (SSSR count). The summed E-state index contributed by atoms with van der Waals surface area (Å²) in [5.41, 5.74) is 3.14. The van der Waals surface area contributed by atoms with Crippen molar-refractivity contribution < 1.29 is 13.2 Å². The van der Waals surface area contributed by atoms with Crippen LogP contribution in [0.15, 0.2) is 65.3 Å². The quantitative estimate of drug-likeness (QED) is 0.610. The Morgan fingerprint density at radius 3 is 2.55 bits per heavy atom. The summed E-state index contributed by atoms with van der Waals surface area (Å²) in [5.74, 6) is 0.169. The fourth-order valence-electron chi connectivity index (χ4n) is 4.81. The highest BCUT2D eigenvalue weighted by atomic mass is 19.4. The summed E-state index contributed by atoms with van der Waals surface area (Å²) in [6.07, 6.45) is -1.49. The second-order valence-corrected chi connectivity index (χ2v) is 9.26. The molecule has 2 aliphatic heterocycles. The highest BCUT2D eigenvalue weighted by Gasteiger charge is 2.42. The molecule has 2 aliphatic rings. The number of fused-ring (bicyclic) bond motifs is 1. The van der Waals surface area contributed by atoms with Crippen molar-refractivity contribution in [3.8, 4) is 0 Å². The summed E-state index contributed by atoms with van der Waals surface area (Å²) >= 11 is 0. The first-order valence-electron chi connectivity index (χ1n) is 11.3. The number of nitrogens with zero attached hydrogens (tertiary/aromatic N) is 4. The third-order valence-electron chi connectivity index (χ3n) is 6.26. The van der Waals surface area contributed by atoms with E-state index in [9.17, 15) is 13.2 Å². The minimum Gasteiger partial charge on any atom is -0.309 e. The van der Waals surface area contributed by atoms with Gasteiger partial charge in [-0.2, -0.15) is 18.3 Å². The second-order valence-electron chi connectivity index (χ2n) is 9.26. The molecule has 0 amide bonds. The van der Waals surface area contributed by atoms with Gasteiger partial charge in [0, 0.05) is 25.6 Å². The average molecular weight is 457 g/mol. The van der Waals surface area contributed by atoms with Crippen molar-refractivity contribution in [1.29, 1.82) is 0 Å². The van der Waals surface area contributed by atoms with E-state index in [-0.39, 0.29) is 12.0 Å². The van der Waals surface area contributed by atoms with E-state index in [4.69, 9.17) is 5.10 Å². The van der Waals surface area contributed by atoms with Crippen LogP contribution in [0.2, 0.25) is 0 Å². The molecule has 0 spiro atoms. The van der Waals surface area contributed by atoms with Crippen LogP contribution in [0.5, 0.6) is 0 Å². The van der Waals surface area contributed by atoms with Gasteiger partial charge in [0.15, 0.2) is 0 Å². The Balaban J connectivity index is 1.69. The number of likely N-dealkylation sites (N-methyl/N-ethyl adjacent to an activating group) is 1. The molecule has 2 heterocycles. The van der Waals surface area contributed by atoms with Crippen LogP contribution >= 0.6 is 0 Å². The van der Waals surface area contributed by atoms with E-state index >= 15 is 0 Å². The summed E-state index contributed by atoms with van der Waals surface area (Å²) in [7, 11) is 6.19. The Bertz CT molecular complexity index is 1010. The topological polar surface area (TPSA) is 22.1 Å². The van der Waals surface area contributed by atoms with Gasteiger partial charge in [0.2, 0.25) is 0 Å². The molecular weight excluding hydrogens is 425 g/mol. The number of likely N-dealkylation sites (tertiary alicyclic amines) is 1. The fraction of sp³-hybridized carbons (Fsp3) is 0.423. The molecule has 1 saturated heterocycles. The van der Waals surface area contributed by atoms with Gasteiger partial charge in [0.1, 0.15) is 0 Å². The molecule has 2 unspecified atom stereocenters. The van der Waals surface area contributed by atoms with Crippen molar-refractivity contribution in [2.45, 2.75) is 18.6 Å². The maximum Gasteiger partial charge on any atom is 0.416 e. The van der Waals surface area contributed by atoms with E-state index in [2.05, 4.69) is 60.2 Å². The number of halogens is 3. The number of piperidine rings is 1. The van der Waals surface area contributed by atoms with E-state index in [1.54, 1.807) is 6.07 Å². The van der Waals surface area contributed by atoms with E-state index in [1.807, 2.05) is 12.1 Å². The second kappa shape index (κ2) is 9.69. The zero-order chi connectivity index (χ0) is 23.6. The molecule has 0 saturated carbocycles. The smallest absolute Gasteiger partial charge is 0.309 e. The number of alkyl halides is 3. The molecular formula is C26H31F3N4. The van der Waals surface area contributed by atoms with Gasteiger partial charge in [0.25, 0.3) is 0 Å². The maximum absolute atomic E-state index is 13.2. The lowest BCUT2D eigenvalue weighted by Gasteiger charge is -2.35. The Kier molecular flexibility index (Phi) is 6.91. The number of hydrazone groups is 1. The lowest BCUT2D eigenvalue weighted by molar-refractivity contribution is -0.137. The van der Waals surface area contributed by atoms with Gasteiger partial charge in [-0.1, -0.05) is 42.5 Å². The number of rotatable bonds is 6. The highest BCUT2D eigenvalue weighted by Crippen LogP contribution is 2.40. The van der Waals surface area contributed by atoms with Crippen LogP contribution < -0.4 is 0 Å². The minimum atomic E-state index is -4.35. The first-order chi connectivity index (χ1) is 15.7. The van der Waals surface area contributed by atoms with E-state index < -0.39 is 11.7 Å². The molecule has 2 atom stereocenters. The molecule has 0 aliphatic carbocycles. The number of hydrogen-bond acceptors (Lipinski definition) is 4. The van der Waals surface area contributed by atoms with Gasteiger partial charge >= 0.3 is 6.18 Å². The molecule has 33 heavy (non-hydrogen) atoms. The van der Waals surface area contributed by atoms with Gasteiger partial charge in [-0.25, -0.2) is 0 Å². The van der Waals surface area contributed by atoms with Crippen molar-refractivity contribution in [2.75, 3.05) is 47.3 Å². The first kappa shape index (κ1) is 23.5. The van der Waals surface area contributed by atoms with Crippen LogP contribution in [0, 0.1) is 5.92 Å². The summed E-state index contributed by atoms with van der Waals surface area (Å²) in [4.78, 5) is 4.41. The van der Waals surface area contributed by atoms with Gasteiger partial charge in [-0.15, -0.1) is 0 Å². The standard InChI is InChI=1S/C26H31F3N4/c1-31(2)13-8-14-33-25(20-10-5-4-6-11-20)23-18-32(3)17-21(24(23)30-33)15-19-9-7-12-22(16-19)26(27,28)29/h4-7,9-12,15-16,23,25H,8,13-14,17-18H2,1-3H3. The largest absolute Gasteiger partial charge is 0.416 e. The summed E-state index contributed by atoms with van der Waals surface area (Å²) in [6.45, 7) is 3.33. The van der Waals surface area contributed by atoms with Gasteiger partial charge in [0.05, 0.1) is 17.3 Å². The van der Waals surface area contributed by atoms with Crippen molar-refractivity contribution in [3.63, 3.8) is 0 Å². The van der Waals surface area contributed by atoms with Crippen LogP contribution in [-0.2, 0) is 6.18 Å². The molecule has 0 bridgehead atoms. The number of hydrogen-bond donors (Lipinski definition) is 0. The third kappa shape index (κ3) is 5.47. The van der Waals surface area contributed by atoms with Gasteiger partial charge < -0.3 is 9.80 Å². The Morgan fingerprint density at radius 2 is 1.85 bits per heavy atom. The lowest BCUT2D eigenvalue weighted by atomic mass is 9.83. The first-order valence-corrected chi connectivity index (χ1v) is 11.3. The van der Waals surface area contributed by atoms with Crippen molar-refractivity contribution in [2.24, 2.45) is 11.0 Å². The lowest BCUT2D eigenvalue weighted by Crippen LogP contribution is -2.41. The van der Waals surface area contributed by atoms with E-state index in [0.717, 1.165) is 43.4 Å². The van der Waals surface area contributed by atoms with Crippen LogP contribution in [-0.4, -0.2) is 67.8 Å². The van der Waals surface area contributed by atoms with Crippen molar-refractivity contribution in [3.05, 3.63) is 76.9 Å². The molecule has 2 aromatic carbocycles. The molecule has 4 nitrogen and oxygen atoms in total. The maximum atomic E-state index is 13.2. The average Bonchev–Trinajstić information content (AvgIpc) is 3.12. The number of benzene rings is 2. The fourth-order valence-corrected chi connectivity index (χ4v) is 4.81. The molecule has 0 N–H and O–H groups in total.